The fourth-order valence-corrected chi connectivity index (χ4v) is 2.47. The topological polar surface area (TPSA) is 41.1 Å². The monoisotopic (exact) mass is 238 g/mol. The summed E-state index contributed by atoms with van der Waals surface area (Å²) in [5.41, 5.74) is 0. The van der Waals surface area contributed by atoms with Crippen LogP contribution in [0.2, 0.25) is 0 Å². The van der Waals surface area contributed by atoms with Gasteiger partial charge in [-0.2, -0.15) is 0 Å². The molecule has 1 aliphatic rings. The molecule has 1 aromatic heterocycles. The first-order valence-corrected chi connectivity index (χ1v) is 6.67. The Morgan fingerprint density at radius 1 is 1.62 bits per heavy atom. The summed E-state index contributed by atoms with van der Waals surface area (Å²) in [6.07, 6.45) is 3.36. The van der Waals surface area contributed by atoms with E-state index in [1.807, 2.05) is 6.07 Å². The fourth-order valence-electron chi connectivity index (χ4n) is 1.63. The molecule has 1 aromatic rings. The van der Waals surface area contributed by atoms with Crippen LogP contribution in [0.3, 0.4) is 0 Å². The minimum absolute atomic E-state index is 0.107. The van der Waals surface area contributed by atoms with Crippen molar-refractivity contribution in [3.63, 3.8) is 0 Å². The van der Waals surface area contributed by atoms with E-state index in [-0.39, 0.29) is 11.9 Å². The standard InChI is InChI=1S/C12H18N2OS/c1-9(7-11-3-2-6-16-11)14-12(15)8-13-10-4-5-10/h2-3,6,9-10,13H,4-5,7-8H2,1H3,(H,14,15). The van der Waals surface area contributed by atoms with Crippen LogP contribution in [-0.4, -0.2) is 24.5 Å². The summed E-state index contributed by atoms with van der Waals surface area (Å²) in [7, 11) is 0. The van der Waals surface area contributed by atoms with Crippen molar-refractivity contribution in [2.24, 2.45) is 0 Å². The van der Waals surface area contributed by atoms with E-state index in [1.165, 1.54) is 17.7 Å². The van der Waals surface area contributed by atoms with Crippen molar-refractivity contribution in [1.29, 1.82) is 0 Å². The van der Waals surface area contributed by atoms with Crippen LogP contribution < -0.4 is 10.6 Å². The highest BCUT2D eigenvalue weighted by atomic mass is 32.1. The molecule has 1 fully saturated rings. The van der Waals surface area contributed by atoms with Gasteiger partial charge in [0.2, 0.25) is 5.91 Å². The molecule has 16 heavy (non-hydrogen) atoms. The van der Waals surface area contributed by atoms with E-state index < -0.39 is 0 Å². The summed E-state index contributed by atoms with van der Waals surface area (Å²) in [5.74, 6) is 0.107. The third kappa shape index (κ3) is 3.94. The summed E-state index contributed by atoms with van der Waals surface area (Å²) >= 11 is 1.74. The molecule has 1 saturated carbocycles. The predicted molar refractivity (Wildman–Crippen MR) is 66.7 cm³/mol. The lowest BCUT2D eigenvalue weighted by Gasteiger charge is -2.13. The van der Waals surface area contributed by atoms with Gasteiger partial charge in [0.15, 0.2) is 0 Å². The second-order valence-electron chi connectivity index (χ2n) is 4.41. The van der Waals surface area contributed by atoms with Gasteiger partial charge in [0.05, 0.1) is 6.54 Å². The van der Waals surface area contributed by atoms with Crippen LogP contribution in [0.15, 0.2) is 17.5 Å². The minimum atomic E-state index is 0.107. The average Bonchev–Trinajstić information content (AvgIpc) is 2.94. The van der Waals surface area contributed by atoms with E-state index >= 15 is 0 Å². The summed E-state index contributed by atoms with van der Waals surface area (Å²) in [6.45, 7) is 2.51. The van der Waals surface area contributed by atoms with E-state index in [2.05, 4.69) is 29.0 Å². The smallest absolute Gasteiger partial charge is 0.234 e. The number of amides is 1. The molecule has 1 atom stereocenters. The number of carbonyl (C=O) groups is 1. The summed E-state index contributed by atoms with van der Waals surface area (Å²) in [6, 6.07) is 4.96. The fraction of sp³-hybridized carbons (Fsp3) is 0.583. The van der Waals surface area contributed by atoms with Gasteiger partial charge in [-0.25, -0.2) is 0 Å². The molecule has 1 amide bonds. The lowest BCUT2D eigenvalue weighted by atomic mass is 10.2. The molecule has 2 N–H and O–H groups in total. The summed E-state index contributed by atoms with van der Waals surface area (Å²) in [5, 5.41) is 8.29. The SMILES string of the molecule is CC(Cc1cccs1)NC(=O)CNC1CC1. The van der Waals surface area contributed by atoms with Crippen molar-refractivity contribution in [2.45, 2.75) is 38.3 Å². The average molecular weight is 238 g/mol. The predicted octanol–water partition coefficient (Wildman–Crippen LogP) is 1.55. The molecule has 0 bridgehead atoms. The van der Waals surface area contributed by atoms with Crippen molar-refractivity contribution < 1.29 is 4.79 Å². The van der Waals surface area contributed by atoms with E-state index in [9.17, 15) is 4.79 Å². The first-order valence-electron chi connectivity index (χ1n) is 5.79. The number of rotatable bonds is 6. The maximum atomic E-state index is 11.5. The molecule has 4 heteroatoms. The Bertz CT molecular complexity index is 333. The summed E-state index contributed by atoms with van der Waals surface area (Å²) in [4.78, 5) is 12.9. The summed E-state index contributed by atoms with van der Waals surface area (Å²) < 4.78 is 0. The van der Waals surface area contributed by atoms with Gasteiger partial charge in [0, 0.05) is 23.4 Å². The molecule has 1 heterocycles. The molecule has 0 saturated heterocycles. The van der Waals surface area contributed by atoms with Crippen molar-refractivity contribution in [3.05, 3.63) is 22.4 Å². The number of hydrogen-bond donors (Lipinski definition) is 2. The van der Waals surface area contributed by atoms with Gasteiger partial charge in [0.25, 0.3) is 0 Å². The highest BCUT2D eigenvalue weighted by molar-refractivity contribution is 7.09. The number of carbonyl (C=O) groups excluding carboxylic acids is 1. The Hall–Kier alpha value is -0.870. The number of thiophene rings is 1. The van der Waals surface area contributed by atoms with Crippen LogP contribution >= 0.6 is 11.3 Å². The molecule has 88 valence electrons. The zero-order valence-corrected chi connectivity index (χ0v) is 10.3. The molecule has 0 aliphatic heterocycles. The Kier molecular flexibility index (Phi) is 3.96. The van der Waals surface area contributed by atoms with Gasteiger partial charge >= 0.3 is 0 Å². The van der Waals surface area contributed by atoms with Gasteiger partial charge in [-0.3, -0.25) is 4.79 Å². The molecule has 0 aromatic carbocycles. The normalized spacial score (nSPS) is 17.1. The van der Waals surface area contributed by atoms with Crippen LogP contribution in [0.4, 0.5) is 0 Å². The van der Waals surface area contributed by atoms with Gasteiger partial charge in [-0.15, -0.1) is 11.3 Å². The van der Waals surface area contributed by atoms with Gasteiger partial charge in [-0.05, 0) is 31.2 Å². The molecular formula is C12H18N2OS. The van der Waals surface area contributed by atoms with Crippen molar-refractivity contribution in [2.75, 3.05) is 6.54 Å². The van der Waals surface area contributed by atoms with Crippen molar-refractivity contribution >= 4 is 17.2 Å². The second kappa shape index (κ2) is 5.46. The largest absolute Gasteiger partial charge is 0.352 e. The third-order valence-electron chi connectivity index (χ3n) is 2.62. The zero-order chi connectivity index (χ0) is 11.4. The van der Waals surface area contributed by atoms with E-state index in [0.717, 1.165) is 6.42 Å². The van der Waals surface area contributed by atoms with Crippen LogP contribution in [0.5, 0.6) is 0 Å². The van der Waals surface area contributed by atoms with Crippen LogP contribution in [-0.2, 0) is 11.2 Å². The second-order valence-corrected chi connectivity index (χ2v) is 5.44. The quantitative estimate of drug-likeness (QED) is 0.789. The maximum absolute atomic E-state index is 11.5. The van der Waals surface area contributed by atoms with E-state index in [0.29, 0.717) is 12.6 Å². The molecular weight excluding hydrogens is 220 g/mol. The lowest BCUT2D eigenvalue weighted by molar-refractivity contribution is -0.120. The minimum Gasteiger partial charge on any atom is -0.352 e. The van der Waals surface area contributed by atoms with E-state index in [1.54, 1.807) is 11.3 Å². The third-order valence-corrected chi connectivity index (χ3v) is 3.52. The van der Waals surface area contributed by atoms with Gasteiger partial charge in [-0.1, -0.05) is 6.07 Å². The van der Waals surface area contributed by atoms with Crippen molar-refractivity contribution in [3.8, 4) is 0 Å². The zero-order valence-electron chi connectivity index (χ0n) is 9.53. The molecule has 0 spiro atoms. The highest BCUT2D eigenvalue weighted by Gasteiger charge is 2.21. The van der Waals surface area contributed by atoms with Crippen LogP contribution in [0.1, 0.15) is 24.6 Å². The maximum Gasteiger partial charge on any atom is 0.234 e. The molecule has 2 rings (SSSR count). The number of nitrogens with one attached hydrogen (secondary N) is 2. The Morgan fingerprint density at radius 2 is 2.44 bits per heavy atom. The molecule has 1 unspecified atom stereocenters. The van der Waals surface area contributed by atoms with Gasteiger partial charge in [0.1, 0.15) is 0 Å². The lowest BCUT2D eigenvalue weighted by Crippen LogP contribution is -2.40. The Labute approximate surface area is 100 Å². The Balaban J connectivity index is 1.65. The van der Waals surface area contributed by atoms with Crippen LogP contribution in [0, 0.1) is 0 Å². The first kappa shape index (κ1) is 11.6. The number of hydrogen-bond acceptors (Lipinski definition) is 3. The molecule has 1 aliphatic carbocycles. The van der Waals surface area contributed by atoms with E-state index in [4.69, 9.17) is 0 Å². The molecule has 0 radical (unpaired) electrons. The van der Waals surface area contributed by atoms with Gasteiger partial charge < -0.3 is 10.6 Å². The Morgan fingerprint density at radius 3 is 3.06 bits per heavy atom. The highest BCUT2D eigenvalue weighted by Crippen LogP contribution is 2.17. The van der Waals surface area contributed by atoms with Crippen LogP contribution in [0.25, 0.3) is 0 Å². The molecule has 3 nitrogen and oxygen atoms in total. The first-order chi connectivity index (χ1) is 7.74. The van der Waals surface area contributed by atoms with Crippen molar-refractivity contribution in [1.82, 2.24) is 10.6 Å².